The van der Waals surface area contributed by atoms with Gasteiger partial charge in [-0.3, -0.25) is 9.69 Å². The first-order chi connectivity index (χ1) is 14.5. The van der Waals surface area contributed by atoms with Gasteiger partial charge in [-0.25, -0.2) is 4.98 Å². The van der Waals surface area contributed by atoms with E-state index >= 15 is 0 Å². The van der Waals surface area contributed by atoms with E-state index in [4.69, 9.17) is 20.8 Å². The Hall–Kier alpha value is -2.61. The molecular weight excluding hydrogens is 422 g/mol. The molecule has 0 unspecified atom stereocenters. The summed E-state index contributed by atoms with van der Waals surface area (Å²) < 4.78 is 12.2. The van der Waals surface area contributed by atoms with Gasteiger partial charge in [0.1, 0.15) is 5.52 Å². The average molecular weight is 444 g/mol. The third-order valence-corrected chi connectivity index (χ3v) is 6.11. The summed E-state index contributed by atoms with van der Waals surface area (Å²) in [6, 6.07) is 13.0. The lowest BCUT2D eigenvalue weighted by Gasteiger charge is -2.19. The van der Waals surface area contributed by atoms with E-state index in [2.05, 4.69) is 9.88 Å². The van der Waals surface area contributed by atoms with Gasteiger partial charge in [0.25, 0.3) is 5.91 Å². The lowest BCUT2D eigenvalue weighted by atomic mass is 10.2. The second-order valence-corrected chi connectivity index (χ2v) is 8.60. The van der Waals surface area contributed by atoms with Gasteiger partial charge in [-0.2, -0.15) is 0 Å². The molecule has 0 spiro atoms. The van der Waals surface area contributed by atoms with E-state index in [1.807, 2.05) is 44.4 Å². The predicted octanol–water partition coefficient (Wildman–Crippen LogP) is 5.30. The van der Waals surface area contributed by atoms with E-state index in [0.29, 0.717) is 33.5 Å². The van der Waals surface area contributed by atoms with Gasteiger partial charge in [0, 0.05) is 11.9 Å². The van der Waals surface area contributed by atoms with Crippen LogP contribution in [0.4, 0.5) is 5.13 Å². The number of thiazole rings is 1. The van der Waals surface area contributed by atoms with Crippen LogP contribution in [0.25, 0.3) is 21.2 Å². The van der Waals surface area contributed by atoms with E-state index in [-0.39, 0.29) is 11.7 Å². The first-order valence-electron chi connectivity index (χ1n) is 9.56. The molecule has 156 valence electrons. The van der Waals surface area contributed by atoms with Crippen molar-refractivity contribution in [3.05, 3.63) is 53.2 Å². The summed E-state index contributed by atoms with van der Waals surface area (Å²) >= 11 is 7.75. The zero-order chi connectivity index (χ0) is 21.3. The molecule has 4 aromatic rings. The van der Waals surface area contributed by atoms with Crippen LogP contribution in [0, 0.1) is 0 Å². The quantitative estimate of drug-likeness (QED) is 0.387. The van der Waals surface area contributed by atoms with E-state index in [9.17, 15) is 4.79 Å². The van der Waals surface area contributed by atoms with Crippen molar-refractivity contribution in [2.24, 2.45) is 0 Å². The molecule has 1 amide bonds. The smallest absolute Gasteiger partial charge is 0.295 e. The van der Waals surface area contributed by atoms with Crippen LogP contribution in [-0.2, 0) is 0 Å². The summed E-state index contributed by atoms with van der Waals surface area (Å²) in [7, 11) is 5.60. The molecule has 2 aromatic heterocycles. The van der Waals surface area contributed by atoms with Gasteiger partial charge in [0.05, 0.1) is 16.8 Å². The third kappa shape index (κ3) is 4.01. The number of fused-ring (bicyclic) bond motifs is 2. The molecule has 0 radical (unpaired) electrons. The van der Waals surface area contributed by atoms with Crippen LogP contribution in [-0.4, -0.2) is 50.1 Å². The number of halogens is 1. The van der Waals surface area contributed by atoms with E-state index in [0.717, 1.165) is 23.1 Å². The molecule has 0 saturated heterocycles. The van der Waals surface area contributed by atoms with Crippen LogP contribution in [0.5, 0.6) is 5.75 Å². The summed E-state index contributed by atoms with van der Waals surface area (Å²) in [5.41, 5.74) is 1.26. The number of hydrogen-bond acceptors (Lipinski definition) is 6. The molecule has 0 aliphatic heterocycles. The Bertz CT molecular complexity index is 1200. The van der Waals surface area contributed by atoms with Gasteiger partial charge in [-0.05, 0) is 51.3 Å². The fourth-order valence-electron chi connectivity index (χ4n) is 3.28. The summed E-state index contributed by atoms with van der Waals surface area (Å²) in [6.45, 7) is 1.37. The highest BCUT2D eigenvalue weighted by Crippen LogP contribution is 2.35. The number of nitrogens with zero attached hydrogens (tertiary/aromatic N) is 3. The molecule has 0 aliphatic rings. The molecule has 2 heterocycles. The third-order valence-electron chi connectivity index (χ3n) is 4.76. The number of anilines is 1. The molecule has 0 atom stereocenters. The Morgan fingerprint density at radius 2 is 2.00 bits per heavy atom. The highest BCUT2D eigenvalue weighted by atomic mass is 35.5. The van der Waals surface area contributed by atoms with Gasteiger partial charge in [0.2, 0.25) is 0 Å². The van der Waals surface area contributed by atoms with Crippen molar-refractivity contribution >= 4 is 55.2 Å². The molecule has 0 saturated carbocycles. The molecule has 0 fully saturated rings. The zero-order valence-electron chi connectivity index (χ0n) is 17.0. The molecule has 8 heteroatoms. The number of methoxy groups -OCH3 is 1. The predicted molar refractivity (Wildman–Crippen MR) is 122 cm³/mol. The number of aromatic nitrogens is 1. The van der Waals surface area contributed by atoms with Gasteiger partial charge in [-0.15, -0.1) is 0 Å². The van der Waals surface area contributed by atoms with Crippen LogP contribution < -0.4 is 9.64 Å². The van der Waals surface area contributed by atoms with Crippen molar-refractivity contribution < 1.29 is 13.9 Å². The molecule has 2 aromatic carbocycles. The Labute approximate surface area is 183 Å². The standard InChI is InChI=1S/C22H22ClN3O3S/c1-25(2)11-6-12-26(22-24-19-15(23)8-5-10-18(19)30-22)21(27)17-13-14-7-4-9-16(28-3)20(14)29-17/h4-5,7-10,13H,6,11-12H2,1-3H3. The number of rotatable bonds is 7. The maximum absolute atomic E-state index is 13.5. The number of benzene rings is 2. The van der Waals surface area contributed by atoms with Crippen LogP contribution in [0.15, 0.2) is 46.9 Å². The number of para-hydroxylation sites is 2. The number of carbonyl (C=O) groups excluding carboxylic acids is 1. The highest BCUT2D eigenvalue weighted by Gasteiger charge is 2.25. The highest BCUT2D eigenvalue weighted by molar-refractivity contribution is 7.22. The summed E-state index contributed by atoms with van der Waals surface area (Å²) in [4.78, 5) is 21.9. The SMILES string of the molecule is COc1cccc2cc(C(=O)N(CCCN(C)C)c3nc4c(Cl)cccc4s3)oc12. The Morgan fingerprint density at radius 1 is 1.20 bits per heavy atom. The molecule has 0 N–H and O–H groups in total. The second kappa shape index (κ2) is 8.63. The van der Waals surface area contributed by atoms with Crippen molar-refractivity contribution in [1.82, 2.24) is 9.88 Å². The van der Waals surface area contributed by atoms with E-state index in [1.54, 1.807) is 24.1 Å². The molecule has 0 aliphatic carbocycles. The van der Waals surface area contributed by atoms with Crippen molar-refractivity contribution in [3.63, 3.8) is 0 Å². The first-order valence-corrected chi connectivity index (χ1v) is 10.8. The van der Waals surface area contributed by atoms with Crippen LogP contribution in [0.2, 0.25) is 5.02 Å². The molecule has 4 rings (SSSR count). The number of hydrogen-bond donors (Lipinski definition) is 0. The monoisotopic (exact) mass is 443 g/mol. The van der Waals surface area contributed by atoms with Gasteiger partial charge in [0.15, 0.2) is 22.2 Å². The summed E-state index contributed by atoms with van der Waals surface area (Å²) in [5.74, 6) is 0.615. The normalized spacial score (nSPS) is 11.5. The van der Waals surface area contributed by atoms with Gasteiger partial charge in [-0.1, -0.05) is 41.1 Å². The Morgan fingerprint density at radius 3 is 2.73 bits per heavy atom. The maximum atomic E-state index is 13.5. The van der Waals surface area contributed by atoms with Gasteiger partial charge < -0.3 is 14.1 Å². The fourth-order valence-corrected chi connectivity index (χ4v) is 4.57. The van der Waals surface area contributed by atoms with Gasteiger partial charge >= 0.3 is 0 Å². The van der Waals surface area contributed by atoms with Crippen molar-refractivity contribution in [1.29, 1.82) is 0 Å². The minimum atomic E-state index is -0.234. The summed E-state index contributed by atoms with van der Waals surface area (Å²) in [5, 5.41) is 2.00. The average Bonchev–Trinajstić information content (AvgIpc) is 3.35. The molecular formula is C22H22ClN3O3S. The largest absolute Gasteiger partial charge is 0.493 e. The van der Waals surface area contributed by atoms with Crippen molar-refractivity contribution in [3.8, 4) is 5.75 Å². The first kappa shape index (κ1) is 20.7. The Balaban J connectivity index is 1.73. The minimum Gasteiger partial charge on any atom is -0.493 e. The van der Waals surface area contributed by atoms with Crippen LogP contribution in [0.1, 0.15) is 17.0 Å². The van der Waals surface area contributed by atoms with Crippen molar-refractivity contribution in [2.45, 2.75) is 6.42 Å². The summed E-state index contributed by atoms with van der Waals surface area (Å²) in [6.07, 6.45) is 0.798. The van der Waals surface area contributed by atoms with Crippen LogP contribution >= 0.6 is 22.9 Å². The van der Waals surface area contributed by atoms with E-state index < -0.39 is 0 Å². The number of carbonyl (C=O) groups is 1. The number of ether oxygens (including phenoxy) is 1. The number of furan rings is 1. The molecule has 30 heavy (non-hydrogen) atoms. The molecule has 0 bridgehead atoms. The van der Waals surface area contributed by atoms with Crippen LogP contribution in [0.3, 0.4) is 0 Å². The molecule has 6 nitrogen and oxygen atoms in total. The lowest BCUT2D eigenvalue weighted by molar-refractivity contribution is 0.0961. The maximum Gasteiger partial charge on any atom is 0.295 e. The fraction of sp³-hybridized carbons (Fsp3) is 0.273. The second-order valence-electron chi connectivity index (χ2n) is 7.19. The lowest BCUT2D eigenvalue weighted by Crippen LogP contribution is -2.33. The number of amides is 1. The van der Waals surface area contributed by atoms with E-state index in [1.165, 1.54) is 11.3 Å². The van der Waals surface area contributed by atoms with Crippen molar-refractivity contribution in [2.75, 3.05) is 39.2 Å². The zero-order valence-corrected chi connectivity index (χ0v) is 18.6. The topological polar surface area (TPSA) is 58.8 Å². The minimum absolute atomic E-state index is 0.234. The Kier molecular flexibility index (Phi) is 5.94.